The number of benzene rings is 3. The Bertz CT molecular complexity index is 1400. The second-order valence-electron chi connectivity index (χ2n) is 10.4. The molecule has 0 aliphatic rings. The first-order valence-electron chi connectivity index (χ1n) is 13.9. The fraction of sp³-hybridized carbons (Fsp3) is 0.375. The molecule has 3 rings (SSSR count). The Balaban J connectivity index is 1.89. The van der Waals surface area contributed by atoms with Crippen molar-refractivity contribution >= 4 is 27.5 Å². The number of carbonyl (C=O) groups excluding carboxylic acids is 2. The Kier molecular flexibility index (Phi) is 11.5. The number of nitrogens with one attached hydrogen (secondary N) is 1. The van der Waals surface area contributed by atoms with Crippen LogP contribution in [0.1, 0.15) is 49.8 Å². The summed E-state index contributed by atoms with van der Waals surface area (Å²) in [6.07, 6.45) is 2.42. The molecule has 41 heavy (non-hydrogen) atoms. The van der Waals surface area contributed by atoms with Crippen molar-refractivity contribution in [2.24, 2.45) is 0 Å². The first-order chi connectivity index (χ1) is 19.5. The summed E-state index contributed by atoms with van der Waals surface area (Å²) in [5, 5.41) is 3.05. The van der Waals surface area contributed by atoms with E-state index in [1.807, 2.05) is 75.4 Å². The van der Waals surface area contributed by atoms with Gasteiger partial charge in [0, 0.05) is 32.0 Å². The zero-order valence-corrected chi connectivity index (χ0v) is 25.0. The van der Waals surface area contributed by atoms with E-state index in [-0.39, 0.29) is 43.8 Å². The maximum absolute atomic E-state index is 13.9. The molecule has 0 aliphatic carbocycles. The van der Waals surface area contributed by atoms with Gasteiger partial charge in [0.25, 0.3) is 0 Å². The van der Waals surface area contributed by atoms with Gasteiger partial charge in [-0.2, -0.15) is 0 Å². The molecule has 0 unspecified atom stereocenters. The molecule has 220 valence electrons. The number of halogens is 1. The first kappa shape index (κ1) is 31.8. The molecule has 0 spiro atoms. The van der Waals surface area contributed by atoms with E-state index in [1.165, 1.54) is 28.6 Å². The Hall–Kier alpha value is -3.72. The van der Waals surface area contributed by atoms with Crippen LogP contribution in [0.4, 0.5) is 10.1 Å². The monoisotopic (exact) mass is 581 g/mol. The van der Waals surface area contributed by atoms with Crippen molar-refractivity contribution in [3.05, 3.63) is 101 Å². The number of rotatable bonds is 14. The van der Waals surface area contributed by atoms with Crippen molar-refractivity contribution < 1.29 is 22.4 Å². The third-order valence-electron chi connectivity index (χ3n) is 7.14. The Morgan fingerprint density at radius 2 is 1.59 bits per heavy atom. The molecule has 0 heterocycles. The van der Waals surface area contributed by atoms with E-state index in [2.05, 4.69) is 5.32 Å². The van der Waals surface area contributed by atoms with E-state index in [1.54, 1.807) is 4.90 Å². The zero-order valence-electron chi connectivity index (χ0n) is 24.2. The highest BCUT2D eigenvalue weighted by Crippen LogP contribution is 2.21. The normalized spacial score (nSPS) is 12.8. The summed E-state index contributed by atoms with van der Waals surface area (Å²) in [6.45, 7) is 6.17. The number of sulfonamides is 1. The number of hydrogen-bond acceptors (Lipinski definition) is 4. The Labute approximate surface area is 243 Å². The van der Waals surface area contributed by atoms with E-state index in [0.717, 1.165) is 29.4 Å². The molecular weight excluding hydrogens is 541 g/mol. The van der Waals surface area contributed by atoms with Crippen LogP contribution in [-0.4, -0.2) is 50.0 Å². The molecule has 3 aromatic carbocycles. The van der Waals surface area contributed by atoms with Gasteiger partial charge in [-0.25, -0.2) is 12.8 Å². The average Bonchev–Trinajstić information content (AvgIpc) is 2.94. The lowest BCUT2D eigenvalue weighted by Gasteiger charge is -2.33. The van der Waals surface area contributed by atoms with Crippen molar-refractivity contribution in [3.8, 4) is 0 Å². The molecule has 0 saturated heterocycles. The molecule has 0 radical (unpaired) electrons. The van der Waals surface area contributed by atoms with Crippen LogP contribution in [0.15, 0.2) is 78.9 Å². The summed E-state index contributed by atoms with van der Waals surface area (Å²) in [4.78, 5) is 29.2. The maximum atomic E-state index is 13.9. The van der Waals surface area contributed by atoms with Crippen LogP contribution in [0.2, 0.25) is 0 Å². The van der Waals surface area contributed by atoms with Crippen LogP contribution in [0.25, 0.3) is 0 Å². The Morgan fingerprint density at radius 3 is 2.20 bits per heavy atom. The second-order valence-corrected chi connectivity index (χ2v) is 12.3. The van der Waals surface area contributed by atoms with Gasteiger partial charge in [0.2, 0.25) is 21.8 Å². The molecule has 1 N–H and O–H groups in total. The molecule has 2 atom stereocenters. The summed E-state index contributed by atoms with van der Waals surface area (Å²) < 4.78 is 39.7. The van der Waals surface area contributed by atoms with Gasteiger partial charge < -0.3 is 10.2 Å². The van der Waals surface area contributed by atoms with E-state index in [0.29, 0.717) is 12.1 Å². The summed E-state index contributed by atoms with van der Waals surface area (Å²) in [7, 11) is -3.67. The molecular formula is C32H40FN3O4S. The molecule has 0 aromatic heterocycles. The number of hydrogen-bond donors (Lipinski definition) is 1. The number of carbonyl (C=O) groups is 2. The summed E-state index contributed by atoms with van der Waals surface area (Å²) in [6, 6.07) is 21.7. The van der Waals surface area contributed by atoms with Crippen molar-refractivity contribution in [2.75, 3.05) is 17.1 Å². The second kappa shape index (κ2) is 14.8. The SMILES string of the molecule is CC[C@H](C)NC(=O)[C@H](Cc1ccccc1)N(Cc1ccccc1C)C(=O)CCCN(c1ccc(F)cc1)S(C)(=O)=O. The summed E-state index contributed by atoms with van der Waals surface area (Å²) in [5.41, 5.74) is 3.19. The van der Waals surface area contributed by atoms with E-state index in [4.69, 9.17) is 0 Å². The van der Waals surface area contributed by atoms with Crippen LogP contribution in [0, 0.1) is 12.7 Å². The lowest BCUT2D eigenvalue weighted by Crippen LogP contribution is -2.52. The predicted octanol–water partition coefficient (Wildman–Crippen LogP) is 5.24. The molecule has 0 aliphatic heterocycles. The van der Waals surface area contributed by atoms with Gasteiger partial charge in [-0.05, 0) is 67.6 Å². The van der Waals surface area contributed by atoms with Crippen LogP contribution >= 0.6 is 0 Å². The predicted molar refractivity (Wildman–Crippen MR) is 161 cm³/mol. The van der Waals surface area contributed by atoms with Gasteiger partial charge in [0.1, 0.15) is 11.9 Å². The van der Waals surface area contributed by atoms with Crippen LogP contribution < -0.4 is 9.62 Å². The molecule has 0 fully saturated rings. The quantitative estimate of drug-likeness (QED) is 0.282. The van der Waals surface area contributed by atoms with Gasteiger partial charge in [0.05, 0.1) is 11.9 Å². The van der Waals surface area contributed by atoms with Gasteiger partial charge in [-0.3, -0.25) is 13.9 Å². The van der Waals surface area contributed by atoms with Crippen LogP contribution in [-0.2, 0) is 32.6 Å². The summed E-state index contributed by atoms with van der Waals surface area (Å²) >= 11 is 0. The van der Waals surface area contributed by atoms with Gasteiger partial charge in [-0.15, -0.1) is 0 Å². The minimum atomic E-state index is -3.67. The fourth-order valence-corrected chi connectivity index (χ4v) is 5.54. The highest BCUT2D eigenvalue weighted by atomic mass is 32.2. The van der Waals surface area contributed by atoms with Crippen molar-refractivity contribution in [2.45, 2.75) is 65.1 Å². The van der Waals surface area contributed by atoms with Crippen molar-refractivity contribution in [1.29, 1.82) is 0 Å². The van der Waals surface area contributed by atoms with Crippen molar-refractivity contribution in [1.82, 2.24) is 10.2 Å². The highest BCUT2D eigenvalue weighted by Gasteiger charge is 2.31. The van der Waals surface area contributed by atoms with Crippen LogP contribution in [0.3, 0.4) is 0 Å². The fourth-order valence-electron chi connectivity index (χ4n) is 4.58. The van der Waals surface area contributed by atoms with E-state index < -0.39 is 21.9 Å². The average molecular weight is 582 g/mol. The third kappa shape index (κ3) is 9.42. The molecule has 2 amide bonds. The Morgan fingerprint density at radius 1 is 0.951 bits per heavy atom. The standard InChI is InChI=1S/C32H40FN3O4S/c1-5-25(3)34-32(38)30(22-26-13-7-6-8-14-26)35(23-27-15-10-9-12-24(27)2)31(37)16-11-21-36(41(4,39)40)29-19-17-28(33)18-20-29/h6-10,12-15,17-20,25,30H,5,11,16,21-23H2,1-4H3,(H,34,38)/t25-,30-/m0/s1. The zero-order chi connectivity index (χ0) is 30.0. The minimum Gasteiger partial charge on any atom is -0.352 e. The number of amides is 2. The molecule has 9 heteroatoms. The van der Waals surface area contributed by atoms with E-state index >= 15 is 0 Å². The lowest BCUT2D eigenvalue weighted by atomic mass is 10.0. The summed E-state index contributed by atoms with van der Waals surface area (Å²) in [5.74, 6) is -0.945. The highest BCUT2D eigenvalue weighted by molar-refractivity contribution is 7.92. The molecule has 0 saturated carbocycles. The van der Waals surface area contributed by atoms with Gasteiger partial charge >= 0.3 is 0 Å². The number of anilines is 1. The maximum Gasteiger partial charge on any atom is 0.243 e. The lowest BCUT2D eigenvalue weighted by molar-refractivity contribution is -0.141. The molecule has 0 bridgehead atoms. The minimum absolute atomic E-state index is 0.0288. The van der Waals surface area contributed by atoms with Gasteiger partial charge in [0.15, 0.2) is 0 Å². The first-order valence-corrected chi connectivity index (χ1v) is 15.8. The molecule has 7 nitrogen and oxygen atoms in total. The topological polar surface area (TPSA) is 86.8 Å². The smallest absolute Gasteiger partial charge is 0.243 e. The third-order valence-corrected chi connectivity index (χ3v) is 8.33. The number of aryl methyl sites for hydroxylation is 1. The van der Waals surface area contributed by atoms with Gasteiger partial charge in [-0.1, -0.05) is 61.5 Å². The largest absolute Gasteiger partial charge is 0.352 e. The molecule has 3 aromatic rings. The van der Waals surface area contributed by atoms with Crippen molar-refractivity contribution in [3.63, 3.8) is 0 Å². The number of nitrogens with zero attached hydrogens (tertiary/aromatic N) is 2. The van der Waals surface area contributed by atoms with Crippen LogP contribution in [0.5, 0.6) is 0 Å². The van der Waals surface area contributed by atoms with E-state index in [9.17, 15) is 22.4 Å².